The molecule has 0 amide bonds. The fourth-order valence-corrected chi connectivity index (χ4v) is 2.30. The predicted octanol–water partition coefficient (Wildman–Crippen LogP) is 2.49. The summed E-state index contributed by atoms with van der Waals surface area (Å²) >= 11 is 1.79. The number of nitrogens with one attached hydrogen (secondary N) is 1. The van der Waals surface area contributed by atoms with Crippen LogP contribution >= 0.6 is 11.3 Å². The molecule has 0 aromatic carbocycles. The molecule has 16 heavy (non-hydrogen) atoms. The number of nitrogens with zero attached hydrogens (tertiary/aromatic N) is 2. The van der Waals surface area contributed by atoms with Crippen LogP contribution in [0.5, 0.6) is 0 Å². The van der Waals surface area contributed by atoms with Crippen LogP contribution in [0.25, 0.3) is 0 Å². The van der Waals surface area contributed by atoms with Gasteiger partial charge < -0.3 is 9.88 Å². The van der Waals surface area contributed by atoms with Gasteiger partial charge in [0.1, 0.15) is 5.82 Å². The minimum atomic E-state index is 0.853. The molecule has 1 N–H and O–H groups in total. The molecule has 0 atom stereocenters. The van der Waals surface area contributed by atoms with Gasteiger partial charge in [0.2, 0.25) is 0 Å². The average molecular weight is 235 g/mol. The summed E-state index contributed by atoms with van der Waals surface area (Å²) in [5, 5.41) is 5.49. The van der Waals surface area contributed by atoms with Crippen molar-refractivity contribution in [1.29, 1.82) is 0 Å². The second-order valence-electron chi connectivity index (χ2n) is 3.73. The van der Waals surface area contributed by atoms with E-state index in [1.54, 1.807) is 11.3 Å². The molecular formula is C12H17N3S. The van der Waals surface area contributed by atoms with Crippen molar-refractivity contribution in [2.45, 2.75) is 26.4 Å². The molecular weight excluding hydrogens is 218 g/mol. The first kappa shape index (κ1) is 11.4. The van der Waals surface area contributed by atoms with Crippen molar-refractivity contribution in [3.05, 3.63) is 40.6 Å². The molecule has 0 aliphatic carbocycles. The zero-order chi connectivity index (χ0) is 11.2. The Morgan fingerprint density at radius 2 is 2.44 bits per heavy atom. The summed E-state index contributed by atoms with van der Waals surface area (Å²) < 4.78 is 2.20. The van der Waals surface area contributed by atoms with Crippen molar-refractivity contribution in [3.8, 4) is 0 Å². The highest BCUT2D eigenvalue weighted by atomic mass is 32.1. The first-order chi connectivity index (χ1) is 7.90. The van der Waals surface area contributed by atoms with Crippen molar-refractivity contribution >= 4 is 11.3 Å². The summed E-state index contributed by atoms with van der Waals surface area (Å²) in [6.07, 6.45) is 5.07. The van der Waals surface area contributed by atoms with E-state index in [9.17, 15) is 0 Å². The molecule has 0 bridgehead atoms. The zero-order valence-electron chi connectivity index (χ0n) is 9.52. The minimum absolute atomic E-state index is 0.853. The van der Waals surface area contributed by atoms with Crippen LogP contribution in [0.4, 0.5) is 0 Å². The van der Waals surface area contributed by atoms with E-state index in [0.29, 0.717) is 0 Å². The van der Waals surface area contributed by atoms with E-state index in [-0.39, 0.29) is 0 Å². The third-order valence-electron chi connectivity index (χ3n) is 2.42. The van der Waals surface area contributed by atoms with Gasteiger partial charge in [-0.2, -0.15) is 0 Å². The van der Waals surface area contributed by atoms with E-state index in [2.05, 4.69) is 39.3 Å². The topological polar surface area (TPSA) is 29.9 Å². The van der Waals surface area contributed by atoms with Crippen LogP contribution < -0.4 is 5.32 Å². The van der Waals surface area contributed by atoms with Crippen LogP contribution in [0.1, 0.15) is 24.0 Å². The van der Waals surface area contributed by atoms with Crippen molar-refractivity contribution < 1.29 is 0 Å². The Labute approximate surface area is 100 Å². The lowest BCUT2D eigenvalue weighted by Crippen LogP contribution is -2.17. The molecule has 2 heterocycles. The lowest BCUT2D eigenvalue weighted by molar-refractivity contribution is 0.617. The Bertz CT molecular complexity index is 406. The molecule has 4 heteroatoms. The SMILES string of the molecule is CCCNCc1nccn1Cc1cccs1. The second-order valence-corrected chi connectivity index (χ2v) is 4.76. The summed E-state index contributed by atoms with van der Waals surface area (Å²) in [5.41, 5.74) is 0. The Balaban J connectivity index is 1.96. The van der Waals surface area contributed by atoms with E-state index >= 15 is 0 Å². The van der Waals surface area contributed by atoms with Crippen LogP contribution in [0.2, 0.25) is 0 Å². The number of aromatic nitrogens is 2. The number of hydrogen-bond acceptors (Lipinski definition) is 3. The summed E-state index contributed by atoms with van der Waals surface area (Å²) in [5.74, 6) is 1.11. The zero-order valence-corrected chi connectivity index (χ0v) is 10.3. The summed E-state index contributed by atoms with van der Waals surface area (Å²) in [7, 11) is 0. The van der Waals surface area contributed by atoms with E-state index in [1.807, 2.05) is 12.4 Å². The Kier molecular flexibility index (Phi) is 4.13. The van der Waals surface area contributed by atoms with E-state index < -0.39 is 0 Å². The third kappa shape index (κ3) is 2.93. The smallest absolute Gasteiger partial charge is 0.122 e. The molecule has 2 rings (SSSR count). The molecule has 2 aromatic heterocycles. The van der Waals surface area contributed by atoms with Crippen molar-refractivity contribution in [2.75, 3.05) is 6.54 Å². The van der Waals surface area contributed by atoms with Crippen LogP contribution in [-0.2, 0) is 13.1 Å². The molecule has 86 valence electrons. The first-order valence-electron chi connectivity index (χ1n) is 5.63. The van der Waals surface area contributed by atoms with Gasteiger partial charge in [0.05, 0.1) is 13.1 Å². The van der Waals surface area contributed by atoms with Gasteiger partial charge in [-0.05, 0) is 24.4 Å². The number of hydrogen-bond donors (Lipinski definition) is 1. The maximum atomic E-state index is 4.37. The van der Waals surface area contributed by atoms with E-state index in [0.717, 1.165) is 31.9 Å². The van der Waals surface area contributed by atoms with Crippen LogP contribution in [-0.4, -0.2) is 16.1 Å². The van der Waals surface area contributed by atoms with Crippen LogP contribution in [0.15, 0.2) is 29.9 Å². The number of thiophene rings is 1. The standard InChI is InChI=1S/C12H17N3S/c1-2-5-13-9-12-14-6-7-15(12)10-11-4-3-8-16-11/h3-4,6-8,13H,2,5,9-10H2,1H3. The second kappa shape index (κ2) is 5.82. The largest absolute Gasteiger partial charge is 0.329 e. The van der Waals surface area contributed by atoms with Gasteiger partial charge in [0, 0.05) is 17.3 Å². The molecule has 0 aliphatic heterocycles. The molecule has 0 saturated carbocycles. The molecule has 0 radical (unpaired) electrons. The van der Waals surface area contributed by atoms with Gasteiger partial charge in [0.15, 0.2) is 0 Å². The van der Waals surface area contributed by atoms with Crippen LogP contribution in [0, 0.1) is 0 Å². The molecule has 0 spiro atoms. The molecule has 0 unspecified atom stereocenters. The highest BCUT2D eigenvalue weighted by molar-refractivity contribution is 7.09. The highest BCUT2D eigenvalue weighted by Crippen LogP contribution is 2.11. The fourth-order valence-electron chi connectivity index (χ4n) is 1.60. The maximum Gasteiger partial charge on any atom is 0.122 e. The fraction of sp³-hybridized carbons (Fsp3) is 0.417. The first-order valence-corrected chi connectivity index (χ1v) is 6.51. The van der Waals surface area contributed by atoms with Gasteiger partial charge in [-0.3, -0.25) is 0 Å². The Hall–Kier alpha value is -1.13. The average Bonchev–Trinajstić information content (AvgIpc) is 2.92. The third-order valence-corrected chi connectivity index (χ3v) is 3.28. The quantitative estimate of drug-likeness (QED) is 0.780. The van der Waals surface area contributed by atoms with Gasteiger partial charge in [-0.25, -0.2) is 4.98 Å². The number of imidazole rings is 1. The van der Waals surface area contributed by atoms with Crippen LogP contribution in [0.3, 0.4) is 0 Å². The van der Waals surface area contributed by atoms with E-state index in [4.69, 9.17) is 0 Å². The summed E-state index contributed by atoms with van der Waals surface area (Å²) in [4.78, 5) is 5.74. The van der Waals surface area contributed by atoms with Gasteiger partial charge in [0.25, 0.3) is 0 Å². The lowest BCUT2D eigenvalue weighted by Gasteiger charge is -2.07. The van der Waals surface area contributed by atoms with Gasteiger partial charge in [-0.15, -0.1) is 11.3 Å². The predicted molar refractivity (Wildman–Crippen MR) is 67.6 cm³/mol. The molecule has 3 nitrogen and oxygen atoms in total. The van der Waals surface area contributed by atoms with Gasteiger partial charge >= 0.3 is 0 Å². The molecule has 0 saturated heterocycles. The molecule has 2 aromatic rings. The van der Waals surface area contributed by atoms with Crippen molar-refractivity contribution in [1.82, 2.24) is 14.9 Å². The number of rotatable bonds is 6. The highest BCUT2D eigenvalue weighted by Gasteiger charge is 2.03. The maximum absolute atomic E-state index is 4.37. The van der Waals surface area contributed by atoms with Crippen molar-refractivity contribution in [2.24, 2.45) is 0 Å². The molecule has 0 fully saturated rings. The Morgan fingerprint density at radius 3 is 3.19 bits per heavy atom. The summed E-state index contributed by atoms with van der Waals surface area (Å²) in [6, 6.07) is 4.25. The van der Waals surface area contributed by atoms with Gasteiger partial charge in [-0.1, -0.05) is 13.0 Å². The van der Waals surface area contributed by atoms with Crippen molar-refractivity contribution in [3.63, 3.8) is 0 Å². The molecule has 0 aliphatic rings. The Morgan fingerprint density at radius 1 is 1.50 bits per heavy atom. The monoisotopic (exact) mass is 235 g/mol. The van der Waals surface area contributed by atoms with E-state index in [1.165, 1.54) is 4.88 Å². The summed E-state index contributed by atoms with van der Waals surface area (Å²) in [6.45, 7) is 5.00. The lowest BCUT2D eigenvalue weighted by atomic mass is 10.4. The normalized spacial score (nSPS) is 10.8. The minimum Gasteiger partial charge on any atom is -0.329 e.